The van der Waals surface area contributed by atoms with Crippen LogP contribution in [-0.2, 0) is 16.1 Å². The Morgan fingerprint density at radius 1 is 0.862 bits per heavy atom. The van der Waals surface area contributed by atoms with Gasteiger partial charge in [-0.3, -0.25) is 19.9 Å². The minimum atomic E-state index is -0.490. The van der Waals surface area contributed by atoms with Crippen LogP contribution in [0.2, 0.25) is 0 Å². The van der Waals surface area contributed by atoms with Crippen molar-refractivity contribution in [1.82, 2.24) is 9.80 Å². The van der Waals surface area contributed by atoms with Crippen LogP contribution in [0, 0.1) is 0 Å². The number of hydrogen-bond acceptors (Lipinski definition) is 5. The second-order valence-corrected chi connectivity index (χ2v) is 7.01. The van der Waals surface area contributed by atoms with Gasteiger partial charge in [0.2, 0.25) is 5.91 Å². The fourth-order valence-electron chi connectivity index (χ4n) is 3.27. The van der Waals surface area contributed by atoms with Gasteiger partial charge in [-0.25, -0.2) is 4.79 Å². The normalized spacial score (nSPS) is 14.9. The third kappa shape index (κ3) is 6.89. The Morgan fingerprint density at radius 2 is 1.45 bits per heavy atom. The summed E-state index contributed by atoms with van der Waals surface area (Å²) < 4.78 is 4.84. The number of nitrogens with one attached hydrogen (secondary N) is 2. The summed E-state index contributed by atoms with van der Waals surface area (Å²) in [5.41, 5.74) is 2.64. The highest BCUT2D eigenvalue weighted by Gasteiger charge is 2.19. The largest absolute Gasteiger partial charge is 0.450 e. The Balaban J connectivity index is 1.39. The van der Waals surface area contributed by atoms with Gasteiger partial charge in [0.15, 0.2) is 0 Å². The number of nitrogens with zero attached hydrogens (tertiary/aromatic N) is 2. The van der Waals surface area contributed by atoms with Gasteiger partial charge in [0.1, 0.15) is 0 Å². The molecule has 3 rings (SSSR count). The van der Waals surface area contributed by atoms with Crippen LogP contribution < -0.4 is 10.6 Å². The highest BCUT2D eigenvalue weighted by atomic mass is 16.5. The van der Waals surface area contributed by atoms with Gasteiger partial charge in [-0.05, 0) is 36.8 Å². The van der Waals surface area contributed by atoms with Gasteiger partial charge in [0.05, 0.1) is 13.2 Å². The van der Waals surface area contributed by atoms with E-state index in [4.69, 9.17) is 4.74 Å². The summed E-state index contributed by atoms with van der Waals surface area (Å²) in [6.45, 7) is 7.06. The molecule has 0 saturated carbocycles. The second kappa shape index (κ2) is 10.6. The quantitative estimate of drug-likeness (QED) is 0.753. The maximum absolute atomic E-state index is 12.3. The maximum atomic E-state index is 12.3. The Morgan fingerprint density at radius 3 is 2.07 bits per heavy atom. The monoisotopic (exact) mass is 396 g/mol. The number of benzene rings is 2. The third-order valence-corrected chi connectivity index (χ3v) is 4.77. The van der Waals surface area contributed by atoms with Crippen molar-refractivity contribution in [3.05, 3.63) is 60.2 Å². The van der Waals surface area contributed by atoms with E-state index < -0.39 is 6.09 Å². The van der Waals surface area contributed by atoms with E-state index in [0.29, 0.717) is 24.5 Å². The lowest BCUT2D eigenvalue weighted by molar-refractivity contribution is -0.117. The van der Waals surface area contributed by atoms with Crippen LogP contribution in [-0.4, -0.2) is 61.1 Å². The molecule has 2 N–H and O–H groups in total. The molecule has 2 amide bonds. The minimum Gasteiger partial charge on any atom is -0.450 e. The summed E-state index contributed by atoms with van der Waals surface area (Å²) in [7, 11) is 0. The number of carbonyl (C=O) groups excluding carboxylic acids is 2. The van der Waals surface area contributed by atoms with Crippen LogP contribution in [0.4, 0.5) is 16.2 Å². The van der Waals surface area contributed by atoms with Gasteiger partial charge in [-0.1, -0.05) is 30.3 Å². The lowest BCUT2D eigenvalue weighted by Gasteiger charge is -2.34. The highest BCUT2D eigenvalue weighted by Crippen LogP contribution is 2.14. The van der Waals surface area contributed by atoms with Crippen LogP contribution in [0.3, 0.4) is 0 Å². The molecule has 0 bridgehead atoms. The van der Waals surface area contributed by atoms with Crippen LogP contribution >= 0.6 is 0 Å². The fourth-order valence-corrected chi connectivity index (χ4v) is 3.27. The molecule has 1 heterocycles. The molecule has 0 aromatic heterocycles. The summed E-state index contributed by atoms with van der Waals surface area (Å²) in [4.78, 5) is 28.3. The Hall–Kier alpha value is -2.90. The molecule has 154 valence electrons. The zero-order valence-electron chi connectivity index (χ0n) is 16.8. The topological polar surface area (TPSA) is 73.9 Å². The van der Waals surface area contributed by atoms with Crippen LogP contribution in [0.15, 0.2) is 54.6 Å². The first-order chi connectivity index (χ1) is 14.1. The number of rotatable bonds is 7. The SMILES string of the molecule is CCOC(=O)Nc1ccc(NC(=O)CN2CCN(Cc3ccccc3)CC2)cc1. The summed E-state index contributed by atoms with van der Waals surface area (Å²) in [5.74, 6) is -0.0346. The molecule has 7 heteroatoms. The van der Waals surface area contributed by atoms with Crippen molar-refractivity contribution >= 4 is 23.4 Å². The first-order valence-corrected chi connectivity index (χ1v) is 9.94. The van der Waals surface area contributed by atoms with Crippen LogP contribution in [0.1, 0.15) is 12.5 Å². The standard InChI is InChI=1S/C22H28N4O3/c1-2-29-22(28)24-20-10-8-19(9-11-20)23-21(27)17-26-14-12-25(13-15-26)16-18-6-4-3-5-7-18/h3-11H,2,12-17H2,1H3,(H,23,27)(H,24,28). The van der Waals surface area contributed by atoms with E-state index in [1.54, 1.807) is 31.2 Å². The van der Waals surface area contributed by atoms with Gasteiger partial charge in [0, 0.05) is 44.1 Å². The average molecular weight is 396 g/mol. The lowest BCUT2D eigenvalue weighted by atomic mass is 10.2. The van der Waals surface area contributed by atoms with Crippen molar-refractivity contribution in [2.24, 2.45) is 0 Å². The number of hydrogen-bond donors (Lipinski definition) is 2. The molecule has 1 fully saturated rings. The van der Waals surface area contributed by atoms with Gasteiger partial charge >= 0.3 is 6.09 Å². The van der Waals surface area contributed by atoms with Crippen molar-refractivity contribution in [1.29, 1.82) is 0 Å². The number of ether oxygens (including phenoxy) is 1. The molecule has 0 atom stereocenters. The third-order valence-electron chi connectivity index (χ3n) is 4.77. The Bertz CT molecular complexity index is 787. The smallest absolute Gasteiger partial charge is 0.411 e. The fraction of sp³-hybridized carbons (Fsp3) is 0.364. The zero-order valence-corrected chi connectivity index (χ0v) is 16.8. The molecule has 0 unspecified atom stereocenters. The summed E-state index contributed by atoms with van der Waals surface area (Å²) in [6, 6.07) is 17.4. The van der Waals surface area contributed by atoms with Crippen molar-refractivity contribution in [2.75, 3.05) is 50.0 Å². The predicted molar refractivity (Wildman–Crippen MR) is 114 cm³/mol. The average Bonchev–Trinajstić information content (AvgIpc) is 2.72. The molecular weight excluding hydrogens is 368 g/mol. The molecule has 2 aromatic rings. The second-order valence-electron chi connectivity index (χ2n) is 7.01. The predicted octanol–water partition coefficient (Wildman–Crippen LogP) is 3.01. The summed E-state index contributed by atoms with van der Waals surface area (Å²) in [6.07, 6.45) is -0.490. The van der Waals surface area contributed by atoms with Crippen LogP contribution in [0.5, 0.6) is 0 Å². The van der Waals surface area contributed by atoms with E-state index in [1.165, 1.54) is 5.56 Å². The highest BCUT2D eigenvalue weighted by molar-refractivity contribution is 5.92. The molecule has 2 aromatic carbocycles. The van der Waals surface area contributed by atoms with E-state index >= 15 is 0 Å². The van der Waals surface area contributed by atoms with E-state index in [-0.39, 0.29) is 5.91 Å². The number of amides is 2. The first-order valence-electron chi connectivity index (χ1n) is 9.94. The van der Waals surface area contributed by atoms with E-state index in [2.05, 4.69) is 44.7 Å². The number of carbonyl (C=O) groups is 2. The molecule has 0 radical (unpaired) electrons. The van der Waals surface area contributed by atoms with Crippen molar-refractivity contribution in [2.45, 2.75) is 13.5 Å². The van der Waals surface area contributed by atoms with E-state index in [0.717, 1.165) is 32.7 Å². The molecular formula is C22H28N4O3. The molecule has 0 aliphatic carbocycles. The minimum absolute atomic E-state index is 0.0346. The van der Waals surface area contributed by atoms with Crippen molar-refractivity contribution < 1.29 is 14.3 Å². The summed E-state index contributed by atoms with van der Waals surface area (Å²) in [5, 5.41) is 5.53. The van der Waals surface area contributed by atoms with Crippen molar-refractivity contribution in [3.63, 3.8) is 0 Å². The molecule has 29 heavy (non-hydrogen) atoms. The number of piperazine rings is 1. The molecule has 1 aliphatic heterocycles. The Labute approximate surface area is 171 Å². The summed E-state index contributed by atoms with van der Waals surface area (Å²) >= 11 is 0. The molecule has 0 spiro atoms. The van der Waals surface area contributed by atoms with Gasteiger partial charge in [-0.2, -0.15) is 0 Å². The van der Waals surface area contributed by atoms with Gasteiger partial charge in [-0.15, -0.1) is 0 Å². The van der Waals surface area contributed by atoms with Gasteiger partial charge < -0.3 is 10.1 Å². The molecule has 7 nitrogen and oxygen atoms in total. The van der Waals surface area contributed by atoms with Crippen LogP contribution in [0.25, 0.3) is 0 Å². The first kappa shape index (κ1) is 20.8. The number of anilines is 2. The van der Waals surface area contributed by atoms with Gasteiger partial charge in [0.25, 0.3) is 0 Å². The van der Waals surface area contributed by atoms with E-state index in [9.17, 15) is 9.59 Å². The lowest BCUT2D eigenvalue weighted by Crippen LogP contribution is -2.48. The Kier molecular flexibility index (Phi) is 7.61. The van der Waals surface area contributed by atoms with E-state index in [1.807, 2.05) is 6.07 Å². The maximum Gasteiger partial charge on any atom is 0.411 e. The zero-order chi connectivity index (χ0) is 20.5. The molecule has 1 aliphatic rings. The molecule has 1 saturated heterocycles. The van der Waals surface area contributed by atoms with Crippen molar-refractivity contribution in [3.8, 4) is 0 Å².